The number of amides is 2. The summed E-state index contributed by atoms with van der Waals surface area (Å²) in [6.07, 6.45) is 1.45. The minimum Gasteiger partial charge on any atom is -0.373 e. The van der Waals surface area contributed by atoms with E-state index in [4.69, 9.17) is 0 Å². The molecule has 6 heteroatoms. The maximum absolute atomic E-state index is 11.5. The fourth-order valence-electron chi connectivity index (χ4n) is 1.03. The van der Waals surface area contributed by atoms with Crippen LogP contribution in [0.25, 0.3) is 0 Å². The molecule has 0 saturated carbocycles. The van der Waals surface area contributed by atoms with Gasteiger partial charge in [-0.25, -0.2) is 4.98 Å². The van der Waals surface area contributed by atoms with E-state index in [0.29, 0.717) is 11.4 Å². The van der Waals surface area contributed by atoms with Crippen LogP contribution in [0, 0.1) is 0 Å². The number of carbonyl (C=O) groups is 2. The number of hydrogen-bond acceptors (Lipinski definition) is 4. The molecule has 0 atom stereocenters. The van der Waals surface area contributed by atoms with Gasteiger partial charge in [0.25, 0.3) is 5.91 Å². The van der Waals surface area contributed by atoms with Crippen molar-refractivity contribution in [1.29, 1.82) is 0 Å². The van der Waals surface area contributed by atoms with Crippen LogP contribution in [0.5, 0.6) is 0 Å². The summed E-state index contributed by atoms with van der Waals surface area (Å²) < 4.78 is 0. The summed E-state index contributed by atoms with van der Waals surface area (Å²) in [6, 6.07) is 3.33. The molecule has 0 aliphatic rings. The smallest absolute Gasteiger partial charge is 0.253 e. The highest BCUT2D eigenvalue weighted by Gasteiger charge is 2.07. The molecular formula is C10H14N4O2. The van der Waals surface area contributed by atoms with Gasteiger partial charge in [-0.05, 0) is 12.1 Å². The fraction of sp³-hybridized carbons (Fsp3) is 0.300. The van der Waals surface area contributed by atoms with Crippen molar-refractivity contribution in [2.75, 3.05) is 26.0 Å². The van der Waals surface area contributed by atoms with Gasteiger partial charge in [-0.15, -0.1) is 0 Å². The van der Waals surface area contributed by atoms with Gasteiger partial charge in [0.15, 0.2) is 0 Å². The molecule has 3 N–H and O–H groups in total. The van der Waals surface area contributed by atoms with E-state index in [-0.39, 0.29) is 18.4 Å². The summed E-state index contributed by atoms with van der Waals surface area (Å²) in [7, 11) is 3.26. The van der Waals surface area contributed by atoms with Crippen LogP contribution in [-0.4, -0.2) is 37.4 Å². The number of nitrogens with one attached hydrogen (secondary N) is 3. The molecule has 1 heterocycles. The number of nitrogens with zero attached hydrogens (tertiary/aromatic N) is 1. The van der Waals surface area contributed by atoms with E-state index in [1.807, 2.05) is 0 Å². The molecule has 86 valence electrons. The van der Waals surface area contributed by atoms with Crippen molar-refractivity contribution in [2.45, 2.75) is 0 Å². The van der Waals surface area contributed by atoms with Crippen molar-refractivity contribution in [3.63, 3.8) is 0 Å². The van der Waals surface area contributed by atoms with Gasteiger partial charge >= 0.3 is 0 Å². The minimum atomic E-state index is -0.321. The van der Waals surface area contributed by atoms with E-state index in [2.05, 4.69) is 20.9 Å². The molecule has 0 unspecified atom stereocenters. The van der Waals surface area contributed by atoms with Crippen LogP contribution < -0.4 is 16.0 Å². The Bertz CT molecular complexity index is 375. The second kappa shape index (κ2) is 5.69. The molecule has 6 nitrogen and oxygen atoms in total. The highest BCUT2D eigenvalue weighted by atomic mass is 16.2. The standard InChI is InChI=1S/C10H14N4O2/c1-11-8-4-3-7(5-13-8)10(16)14-6-9(15)12-2/h3-5H,6H2,1-2H3,(H,11,13)(H,12,15)(H,14,16). The van der Waals surface area contributed by atoms with Gasteiger partial charge in [0.05, 0.1) is 12.1 Å². The second-order valence-corrected chi connectivity index (χ2v) is 3.04. The zero-order valence-electron chi connectivity index (χ0n) is 9.20. The van der Waals surface area contributed by atoms with E-state index in [1.165, 1.54) is 13.2 Å². The van der Waals surface area contributed by atoms with Gasteiger partial charge in [-0.2, -0.15) is 0 Å². The van der Waals surface area contributed by atoms with Gasteiger partial charge in [-0.3, -0.25) is 9.59 Å². The van der Waals surface area contributed by atoms with Gasteiger partial charge in [0.2, 0.25) is 5.91 Å². The number of anilines is 1. The Kier molecular flexibility index (Phi) is 4.26. The van der Waals surface area contributed by atoms with Crippen LogP contribution in [0.3, 0.4) is 0 Å². The van der Waals surface area contributed by atoms with E-state index in [1.54, 1.807) is 19.2 Å². The molecule has 1 aromatic heterocycles. The maximum Gasteiger partial charge on any atom is 0.253 e. The lowest BCUT2D eigenvalue weighted by atomic mass is 10.2. The minimum absolute atomic E-state index is 0.0386. The van der Waals surface area contributed by atoms with Crippen LogP contribution in [0.15, 0.2) is 18.3 Å². The first-order valence-corrected chi connectivity index (χ1v) is 4.80. The topological polar surface area (TPSA) is 83.1 Å². The molecule has 0 aliphatic carbocycles. The number of likely N-dealkylation sites (N-methyl/N-ethyl adjacent to an activating group) is 1. The Morgan fingerprint density at radius 2 is 2.06 bits per heavy atom. The van der Waals surface area contributed by atoms with Gasteiger partial charge < -0.3 is 16.0 Å². The molecule has 0 saturated heterocycles. The van der Waals surface area contributed by atoms with Crippen LogP contribution in [0.1, 0.15) is 10.4 Å². The monoisotopic (exact) mass is 222 g/mol. The number of aromatic nitrogens is 1. The number of hydrogen-bond donors (Lipinski definition) is 3. The van der Waals surface area contributed by atoms with Crippen molar-refractivity contribution in [1.82, 2.24) is 15.6 Å². The SMILES string of the molecule is CNC(=O)CNC(=O)c1ccc(NC)nc1. The van der Waals surface area contributed by atoms with E-state index in [0.717, 1.165) is 0 Å². The molecule has 0 bridgehead atoms. The summed E-state index contributed by atoms with van der Waals surface area (Å²) in [5.74, 6) is 0.120. The average Bonchev–Trinajstić information content (AvgIpc) is 2.35. The zero-order valence-corrected chi connectivity index (χ0v) is 9.20. The third-order valence-corrected chi connectivity index (χ3v) is 1.97. The summed E-state index contributed by atoms with van der Waals surface area (Å²) in [6.45, 7) is -0.0386. The normalized spacial score (nSPS) is 9.38. The number of carbonyl (C=O) groups excluding carboxylic acids is 2. The predicted molar refractivity (Wildman–Crippen MR) is 60.2 cm³/mol. The summed E-state index contributed by atoms with van der Waals surface area (Å²) >= 11 is 0. The van der Waals surface area contributed by atoms with Crippen LogP contribution in [0.2, 0.25) is 0 Å². The van der Waals surface area contributed by atoms with Crippen LogP contribution >= 0.6 is 0 Å². The third kappa shape index (κ3) is 3.23. The number of rotatable bonds is 4. The Balaban J connectivity index is 2.56. The molecule has 0 spiro atoms. The first-order chi connectivity index (χ1) is 7.67. The Morgan fingerprint density at radius 1 is 1.31 bits per heavy atom. The maximum atomic E-state index is 11.5. The highest BCUT2D eigenvalue weighted by molar-refractivity contribution is 5.96. The average molecular weight is 222 g/mol. The first-order valence-electron chi connectivity index (χ1n) is 4.80. The quantitative estimate of drug-likeness (QED) is 0.647. The molecule has 1 aromatic rings. The highest BCUT2D eigenvalue weighted by Crippen LogP contribution is 2.03. The molecule has 16 heavy (non-hydrogen) atoms. The van der Waals surface area contributed by atoms with Gasteiger partial charge in [0.1, 0.15) is 5.82 Å². The van der Waals surface area contributed by atoms with Crippen molar-refractivity contribution in [3.05, 3.63) is 23.9 Å². The molecule has 0 aliphatic heterocycles. The second-order valence-electron chi connectivity index (χ2n) is 3.04. The largest absolute Gasteiger partial charge is 0.373 e. The molecule has 0 aromatic carbocycles. The van der Waals surface area contributed by atoms with Gasteiger partial charge in [0, 0.05) is 20.3 Å². The van der Waals surface area contributed by atoms with Crippen molar-refractivity contribution in [2.24, 2.45) is 0 Å². The van der Waals surface area contributed by atoms with Gasteiger partial charge in [-0.1, -0.05) is 0 Å². The fourth-order valence-corrected chi connectivity index (χ4v) is 1.03. The predicted octanol–water partition coefficient (Wildman–Crippen LogP) is -0.401. The Morgan fingerprint density at radius 3 is 2.56 bits per heavy atom. The lowest BCUT2D eigenvalue weighted by molar-refractivity contribution is -0.119. The molecule has 0 radical (unpaired) electrons. The molecule has 2 amide bonds. The van der Waals surface area contributed by atoms with E-state index >= 15 is 0 Å². The molecular weight excluding hydrogens is 208 g/mol. The summed E-state index contributed by atoms with van der Waals surface area (Å²) in [5.41, 5.74) is 0.419. The molecule has 0 fully saturated rings. The summed E-state index contributed by atoms with van der Waals surface area (Å²) in [5, 5.41) is 7.73. The van der Waals surface area contributed by atoms with Crippen molar-refractivity contribution >= 4 is 17.6 Å². The van der Waals surface area contributed by atoms with Crippen molar-refractivity contribution in [3.8, 4) is 0 Å². The van der Waals surface area contributed by atoms with Crippen molar-refractivity contribution < 1.29 is 9.59 Å². The number of pyridine rings is 1. The molecule has 1 rings (SSSR count). The first kappa shape index (κ1) is 12.0. The van der Waals surface area contributed by atoms with E-state index < -0.39 is 0 Å². The summed E-state index contributed by atoms with van der Waals surface area (Å²) in [4.78, 5) is 26.4. The van der Waals surface area contributed by atoms with Crippen LogP contribution in [-0.2, 0) is 4.79 Å². The van der Waals surface area contributed by atoms with E-state index in [9.17, 15) is 9.59 Å². The Hall–Kier alpha value is -2.11. The zero-order chi connectivity index (χ0) is 12.0. The lowest BCUT2D eigenvalue weighted by Gasteiger charge is -2.04. The third-order valence-electron chi connectivity index (χ3n) is 1.97. The lowest BCUT2D eigenvalue weighted by Crippen LogP contribution is -2.35. The Labute approximate surface area is 93.4 Å². The van der Waals surface area contributed by atoms with Crippen LogP contribution in [0.4, 0.5) is 5.82 Å².